The van der Waals surface area contributed by atoms with Crippen molar-refractivity contribution in [2.45, 2.75) is 39.5 Å². The van der Waals surface area contributed by atoms with Gasteiger partial charge in [0.25, 0.3) is 5.43 Å². The Balaban J connectivity index is 2.41. The van der Waals surface area contributed by atoms with Crippen LogP contribution in [0.1, 0.15) is 39.5 Å². The average Bonchev–Trinajstić information content (AvgIpc) is 2.55. The van der Waals surface area contributed by atoms with Gasteiger partial charge in [-0.25, -0.2) is 0 Å². The van der Waals surface area contributed by atoms with Crippen molar-refractivity contribution in [2.24, 2.45) is 0 Å². The van der Waals surface area contributed by atoms with E-state index in [1.165, 1.54) is 0 Å². The number of para-hydroxylation sites is 1. The van der Waals surface area contributed by atoms with Crippen LogP contribution in [0.3, 0.4) is 0 Å². The van der Waals surface area contributed by atoms with E-state index < -0.39 is 16.6 Å². The third-order valence-corrected chi connectivity index (χ3v) is 3.96. The van der Waals surface area contributed by atoms with Crippen LogP contribution in [0.5, 0.6) is 5.75 Å². The van der Waals surface area contributed by atoms with E-state index in [9.17, 15) is 14.7 Å². The molecule has 0 aliphatic rings. The van der Waals surface area contributed by atoms with Gasteiger partial charge in [-0.05, 0) is 18.9 Å². The van der Waals surface area contributed by atoms with Crippen molar-refractivity contribution in [1.29, 1.82) is 0 Å². The first-order valence-electron chi connectivity index (χ1n) is 7.98. The number of nitrogens with zero attached hydrogens (tertiary/aromatic N) is 1. The van der Waals surface area contributed by atoms with Crippen LogP contribution in [0.2, 0.25) is 0 Å². The van der Waals surface area contributed by atoms with Gasteiger partial charge in [-0.15, -0.1) is 0 Å². The van der Waals surface area contributed by atoms with E-state index in [2.05, 4.69) is 18.7 Å². The molecule has 0 aliphatic heterocycles. The van der Waals surface area contributed by atoms with Crippen molar-refractivity contribution in [1.82, 2.24) is 0 Å². The fourth-order valence-electron chi connectivity index (χ4n) is 2.64. The monoisotopic (exact) mass is 301 g/mol. The van der Waals surface area contributed by atoms with Crippen molar-refractivity contribution in [3.8, 4) is 16.9 Å². The van der Waals surface area contributed by atoms with E-state index >= 15 is 0 Å². The van der Waals surface area contributed by atoms with Crippen LogP contribution in [0, 0.1) is 0 Å². The molecule has 1 N–H and O–H groups in total. The van der Waals surface area contributed by atoms with Crippen LogP contribution < -0.4 is 15.8 Å². The first kappa shape index (κ1) is 16.3. The summed E-state index contributed by atoms with van der Waals surface area (Å²) in [5.41, 5.74) is 0.386. The minimum Gasteiger partial charge on any atom is -0.503 e. The fourth-order valence-corrected chi connectivity index (χ4v) is 2.64. The van der Waals surface area contributed by atoms with Gasteiger partial charge in [0.2, 0.25) is 5.43 Å². The minimum absolute atomic E-state index is 0.165. The highest BCUT2D eigenvalue weighted by atomic mass is 16.3. The first-order valence-corrected chi connectivity index (χ1v) is 7.98. The van der Waals surface area contributed by atoms with Gasteiger partial charge < -0.3 is 10.0 Å². The third-order valence-electron chi connectivity index (χ3n) is 3.96. The summed E-state index contributed by atoms with van der Waals surface area (Å²) in [6, 6.07) is 7.51. The molecule has 0 fully saturated rings. The lowest BCUT2D eigenvalue weighted by atomic mass is 9.97. The lowest BCUT2D eigenvalue weighted by molar-refractivity contribution is 0.465. The highest BCUT2D eigenvalue weighted by molar-refractivity contribution is 5.84. The second-order valence-corrected chi connectivity index (χ2v) is 5.59. The molecule has 2 rings (SSSR count). The molecule has 118 valence electrons. The van der Waals surface area contributed by atoms with E-state index in [0.29, 0.717) is 5.56 Å². The zero-order valence-electron chi connectivity index (χ0n) is 13.3. The van der Waals surface area contributed by atoms with Gasteiger partial charge >= 0.3 is 0 Å². The molecule has 0 amide bonds. The van der Waals surface area contributed by atoms with E-state index in [4.69, 9.17) is 0 Å². The Labute approximate surface area is 130 Å². The van der Waals surface area contributed by atoms with Gasteiger partial charge in [-0.1, -0.05) is 44.9 Å². The SMILES string of the molecule is CCCCN(CCCC)c1ccccc1-c1c(O)c(=O)c1=O. The lowest BCUT2D eigenvalue weighted by Gasteiger charge is -2.27. The summed E-state index contributed by atoms with van der Waals surface area (Å²) >= 11 is 0. The Hall–Kier alpha value is -2.10. The van der Waals surface area contributed by atoms with Crippen molar-refractivity contribution in [2.75, 3.05) is 18.0 Å². The number of hydrogen-bond acceptors (Lipinski definition) is 4. The first-order chi connectivity index (χ1) is 10.6. The number of unbranched alkanes of at least 4 members (excludes halogenated alkanes) is 2. The summed E-state index contributed by atoms with van der Waals surface area (Å²) in [6.45, 7) is 6.10. The van der Waals surface area contributed by atoms with Gasteiger partial charge in [0.1, 0.15) is 0 Å². The number of aromatic hydroxyl groups is 1. The summed E-state index contributed by atoms with van der Waals surface area (Å²) in [5.74, 6) is -0.400. The Morgan fingerprint density at radius 3 is 2.09 bits per heavy atom. The second kappa shape index (κ2) is 7.25. The molecule has 0 unspecified atom stereocenters. The summed E-state index contributed by atoms with van der Waals surface area (Å²) in [4.78, 5) is 25.3. The molecule has 0 saturated heterocycles. The molecule has 2 aromatic rings. The largest absolute Gasteiger partial charge is 0.503 e. The average molecular weight is 301 g/mol. The molecular formula is C18H23NO3. The molecule has 0 atom stereocenters. The summed E-state index contributed by atoms with van der Waals surface area (Å²) in [6.07, 6.45) is 4.32. The Morgan fingerprint density at radius 2 is 1.55 bits per heavy atom. The second-order valence-electron chi connectivity index (χ2n) is 5.59. The van der Waals surface area contributed by atoms with Gasteiger partial charge in [0.15, 0.2) is 5.75 Å². The molecule has 0 heterocycles. The molecule has 4 nitrogen and oxygen atoms in total. The van der Waals surface area contributed by atoms with Gasteiger partial charge in [0, 0.05) is 24.3 Å². The van der Waals surface area contributed by atoms with Crippen molar-refractivity contribution in [3.05, 3.63) is 44.7 Å². The minimum atomic E-state index is -0.779. The van der Waals surface area contributed by atoms with E-state index in [-0.39, 0.29) is 5.56 Å². The molecule has 0 aliphatic carbocycles. The predicted octanol–water partition coefficient (Wildman–Crippen LogP) is 3.06. The number of benzene rings is 1. The Morgan fingerprint density at radius 1 is 0.955 bits per heavy atom. The van der Waals surface area contributed by atoms with Crippen LogP contribution in [0.25, 0.3) is 11.1 Å². The highest BCUT2D eigenvalue weighted by Gasteiger charge is 2.24. The van der Waals surface area contributed by atoms with E-state index in [0.717, 1.165) is 44.5 Å². The van der Waals surface area contributed by atoms with Crippen LogP contribution in [0.15, 0.2) is 33.9 Å². The van der Waals surface area contributed by atoms with Gasteiger partial charge in [0.05, 0.1) is 5.56 Å². The highest BCUT2D eigenvalue weighted by Crippen LogP contribution is 2.33. The zero-order valence-corrected chi connectivity index (χ0v) is 13.3. The smallest absolute Gasteiger partial charge is 0.268 e. The maximum absolute atomic E-state index is 11.8. The van der Waals surface area contributed by atoms with Crippen LogP contribution in [-0.4, -0.2) is 18.2 Å². The maximum atomic E-state index is 11.8. The third kappa shape index (κ3) is 3.06. The molecule has 0 aromatic heterocycles. The fraction of sp³-hybridized carbons (Fsp3) is 0.444. The van der Waals surface area contributed by atoms with E-state index in [1.54, 1.807) is 6.07 Å². The molecular weight excluding hydrogens is 278 g/mol. The molecule has 2 aromatic carbocycles. The Kier molecular flexibility index (Phi) is 5.36. The predicted molar refractivity (Wildman–Crippen MR) is 90.5 cm³/mol. The summed E-state index contributed by atoms with van der Waals surface area (Å²) in [7, 11) is 0. The van der Waals surface area contributed by atoms with Crippen molar-refractivity contribution >= 4 is 5.69 Å². The molecule has 4 heteroatoms. The number of rotatable bonds is 8. The quantitative estimate of drug-likeness (QED) is 0.761. The lowest BCUT2D eigenvalue weighted by Crippen LogP contribution is -2.33. The molecule has 0 saturated carbocycles. The molecule has 0 spiro atoms. The standard InChI is InChI=1S/C18H23NO3/c1-3-5-11-19(12-6-4-2)14-10-8-7-9-13(14)15-16(20)18(22)17(15)21/h7-10,20H,3-6,11-12H2,1-2H3. The molecule has 0 radical (unpaired) electrons. The van der Waals surface area contributed by atoms with Crippen LogP contribution in [-0.2, 0) is 0 Å². The van der Waals surface area contributed by atoms with Crippen LogP contribution in [0.4, 0.5) is 5.69 Å². The molecule has 0 bridgehead atoms. The van der Waals surface area contributed by atoms with Gasteiger partial charge in [-0.3, -0.25) is 9.59 Å². The normalized spacial score (nSPS) is 11.0. The number of hydrogen-bond donors (Lipinski definition) is 1. The zero-order chi connectivity index (χ0) is 16.1. The topological polar surface area (TPSA) is 57.6 Å². The number of anilines is 1. The summed E-state index contributed by atoms with van der Waals surface area (Å²) in [5, 5.41) is 9.75. The van der Waals surface area contributed by atoms with Crippen molar-refractivity contribution in [3.63, 3.8) is 0 Å². The molecule has 22 heavy (non-hydrogen) atoms. The van der Waals surface area contributed by atoms with Crippen molar-refractivity contribution < 1.29 is 5.11 Å². The summed E-state index contributed by atoms with van der Waals surface area (Å²) < 4.78 is 0. The van der Waals surface area contributed by atoms with Crippen LogP contribution >= 0.6 is 0 Å². The maximum Gasteiger partial charge on any atom is 0.268 e. The Bertz CT molecular complexity index is 690. The van der Waals surface area contributed by atoms with E-state index in [1.807, 2.05) is 18.2 Å². The van der Waals surface area contributed by atoms with Gasteiger partial charge in [-0.2, -0.15) is 0 Å².